The number of halogens is 3. The third-order valence-corrected chi connectivity index (χ3v) is 5.67. The molecule has 0 aliphatic heterocycles. The lowest BCUT2D eigenvalue weighted by Crippen LogP contribution is -2.26. The van der Waals surface area contributed by atoms with Gasteiger partial charge in [0.1, 0.15) is 35.1 Å². The molecule has 0 atom stereocenters. The molecular weight excluding hydrogens is 498 g/mol. The van der Waals surface area contributed by atoms with Crippen LogP contribution >= 0.6 is 15.9 Å². The molecule has 3 aromatic rings. The number of carbonyl (C=O) groups is 1. The number of aromatic nitrogens is 1. The second kappa shape index (κ2) is 11.2. The summed E-state index contributed by atoms with van der Waals surface area (Å²) in [6, 6.07) is 12.5. The first-order valence-corrected chi connectivity index (χ1v) is 10.9. The highest BCUT2D eigenvalue weighted by atomic mass is 79.9. The molecule has 1 heterocycles. The van der Waals surface area contributed by atoms with E-state index in [-0.39, 0.29) is 40.5 Å². The summed E-state index contributed by atoms with van der Waals surface area (Å²) in [4.78, 5) is 24.4. The molecule has 1 N–H and O–H groups in total. The van der Waals surface area contributed by atoms with Gasteiger partial charge in [0.2, 0.25) is 5.91 Å². The van der Waals surface area contributed by atoms with Crippen molar-refractivity contribution in [3.8, 4) is 5.75 Å². The van der Waals surface area contributed by atoms with Crippen LogP contribution in [-0.2, 0) is 29.2 Å². The zero-order valence-electron chi connectivity index (χ0n) is 18.2. The number of amides is 1. The molecule has 0 aliphatic rings. The minimum Gasteiger partial charge on any atom is -0.487 e. The van der Waals surface area contributed by atoms with Gasteiger partial charge in [-0.05, 0) is 46.1 Å². The van der Waals surface area contributed by atoms with Crippen molar-refractivity contribution in [1.82, 2.24) is 9.88 Å². The molecule has 0 spiro atoms. The van der Waals surface area contributed by atoms with Crippen molar-refractivity contribution in [2.24, 2.45) is 0 Å². The first kappa shape index (κ1) is 24.6. The fourth-order valence-electron chi connectivity index (χ4n) is 3.14. The Labute approximate surface area is 198 Å². The molecule has 3 rings (SSSR count). The molecule has 0 saturated heterocycles. The number of hydrogen-bond acceptors (Lipinski definition) is 4. The smallest absolute Gasteiger partial charge is 0.269 e. The van der Waals surface area contributed by atoms with Crippen molar-refractivity contribution in [3.63, 3.8) is 0 Å². The number of hydrogen-bond donors (Lipinski definition) is 1. The summed E-state index contributed by atoms with van der Waals surface area (Å²) in [7, 11) is 1.46. The van der Waals surface area contributed by atoms with Gasteiger partial charge in [0.15, 0.2) is 0 Å². The van der Waals surface area contributed by atoms with E-state index in [9.17, 15) is 18.4 Å². The van der Waals surface area contributed by atoms with Gasteiger partial charge in [-0.3, -0.25) is 9.59 Å². The fourth-order valence-corrected chi connectivity index (χ4v) is 3.58. The van der Waals surface area contributed by atoms with Gasteiger partial charge < -0.3 is 19.4 Å². The Hall–Kier alpha value is -3.04. The van der Waals surface area contributed by atoms with E-state index in [1.807, 2.05) is 24.3 Å². The van der Waals surface area contributed by atoms with Gasteiger partial charge in [0, 0.05) is 37.0 Å². The third kappa shape index (κ3) is 6.49. The summed E-state index contributed by atoms with van der Waals surface area (Å²) in [6.07, 6.45) is 0. The van der Waals surface area contributed by atoms with E-state index in [2.05, 4.69) is 21.2 Å². The number of pyridine rings is 1. The summed E-state index contributed by atoms with van der Waals surface area (Å²) >= 11 is 3.28. The van der Waals surface area contributed by atoms with Crippen LogP contribution in [0.15, 0.2) is 57.8 Å². The zero-order chi connectivity index (χ0) is 24.0. The summed E-state index contributed by atoms with van der Waals surface area (Å²) in [6.45, 7) is 2.36. The summed E-state index contributed by atoms with van der Waals surface area (Å²) in [5.41, 5.74) is 2.38. The van der Waals surface area contributed by atoms with E-state index >= 15 is 0 Å². The summed E-state index contributed by atoms with van der Waals surface area (Å²) < 4.78 is 39.1. The molecule has 0 saturated carbocycles. The van der Waals surface area contributed by atoms with E-state index in [0.717, 1.165) is 23.3 Å². The third-order valence-electron chi connectivity index (χ3n) is 4.94. The predicted molar refractivity (Wildman–Crippen MR) is 123 cm³/mol. The number of benzene rings is 2. The number of methoxy groups -OCH3 is 1. The fraction of sp³-hybridized carbons (Fsp3) is 0.250. The topological polar surface area (TPSA) is 69.6 Å². The summed E-state index contributed by atoms with van der Waals surface area (Å²) in [5, 5.41) is 2.75. The van der Waals surface area contributed by atoms with Crippen LogP contribution in [0.5, 0.6) is 5.75 Å². The standard InChI is InChI=1S/C24H23BrF2N2O4/c1-15-9-21(33-13-18-7-8-19(26)10-20(18)27)23(25)24(31)29(15)12-17-5-3-16(4-6-17)11-28-22(30)14-32-2/h3-10H,11-14H2,1-2H3,(H,28,30). The maximum atomic E-state index is 13.8. The average molecular weight is 521 g/mol. The van der Waals surface area contributed by atoms with Crippen LogP contribution in [0.3, 0.4) is 0 Å². The molecule has 1 aromatic heterocycles. The van der Waals surface area contributed by atoms with E-state index in [1.165, 1.54) is 13.2 Å². The Morgan fingerprint density at radius 2 is 1.79 bits per heavy atom. The van der Waals surface area contributed by atoms with Crippen LogP contribution in [0.25, 0.3) is 0 Å². The van der Waals surface area contributed by atoms with Gasteiger partial charge in [-0.1, -0.05) is 24.3 Å². The van der Waals surface area contributed by atoms with Gasteiger partial charge in [-0.25, -0.2) is 8.78 Å². The van der Waals surface area contributed by atoms with Crippen LogP contribution in [0.4, 0.5) is 8.78 Å². The number of rotatable bonds is 9. The maximum Gasteiger partial charge on any atom is 0.269 e. The predicted octanol–water partition coefficient (Wildman–Crippen LogP) is 4.09. The van der Waals surface area contributed by atoms with Crippen molar-refractivity contribution in [3.05, 3.63) is 97.4 Å². The molecule has 0 unspecified atom stereocenters. The van der Waals surface area contributed by atoms with Crippen LogP contribution < -0.4 is 15.6 Å². The lowest BCUT2D eigenvalue weighted by atomic mass is 10.1. The lowest BCUT2D eigenvalue weighted by molar-refractivity contribution is -0.124. The van der Waals surface area contributed by atoms with Crippen molar-refractivity contribution in [1.29, 1.82) is 0 Å². The molecule has 1 amide bonds. The average Bonchev–Trinajstić information content (AvgIpc) is 2.79. The van der Waals surface area contributed by atoms with Gasteiger partial charge in [0.05, 0.1) is 6.54 Å². The minimum atomic E-state index is -0.710. The van der Waals surface area contributed by atoms with E-state index in [0.29, 0.717) is 18.8 Å². The Bertz CT molecular complexity index is 1200. The normalized spacial score (nSPS) is 10.8. The highest BCUT2D eigenvalue weighted by Gasteiger charge is 2.14. The number of ether oxygens (including phenoxy) is 2. The van der Waals surface area contributed by atoms with Crippen LogP contribution in [0.1, 0.15) is 22.4 Å². The molecule has 0 radical (unpaired) electrons. The van der Waals surface area contributed by atoms with Gasteiger partial charge >= 0.3 is 0 Å². The monoisotopic (exact) mass is 520 g/mol. The van der Waals surface area contributed by atoms with E-state index in [1.54, 1.807) is 17.6 Å². The lowest BCUT2D eigenvalue weighted by Gasteiger charge is -2.15. The van der Waals surface area contributed by atoms with Crippen LogP contribution in [0, 0.1) is 18.6 Å². The minimum absolute atomic E-state index is 0.00764. The van der Waals surface area contributed by atoms with E-state index < -0.39 is 11.6 Å². The number of nitrogens with zero attached hydrogens (tertiary/aromatic N) is 1. The molecule has 33 heavy (non-hydrogen) atoms. The van der Waals surface area contributed by atoms with Crippen molar-refractivity contribution >= 4 is 21.8 Å². The first-order valence-electron chi connectivity index (χ1n) is 10.1. The largest absolute Gasteiger partial charge is 0.487 e. The SMILES string of the molecule is COCC(=O)NCc1ccc(Cn2c(C)cc(OCc3ccc(F)cc3F)c(Br)c2=O)cc1. The molecular formula is C24H23BrF2N2O4. The Morgan fingerprint density at radius 3 is 2.45 bits per heavy atom. The second-order valence-electron chi connectivity index (χ2n) is 7.41. The maximum absolute atomic E-state index is 13.8. The highest BCUT2D eigenvalue weighted by Crippen LogP contribution is 2.24. The molecule has 174 valence electrons. The Morgan fingerprint density at radius 1 is 1.09 bits per heavy atom. The van der Waals surface area contributed by atoms with E-state index in [4.69, 9.17) is 9.47 Å². The number of nitrogens with one attached hydrogen (secondary N) is 1. The zero-order valence-corrected chi connectivity index (χ0v) is 19.7. The Balaban J connectivity index is 1.69. The molecule has 2 aromatic carbocycles. The Kier molecular flexibility index (Phi) is 8.35. The molecule has 6 nitrogen and oxygen atoms in total. The molecule has 0 bridgehead atoms. The molecule has 0 aliphatic carbocycles. The quantitative estimate of drug-likeness (QED) is 0.461. The van der Waals surface area contributed by atoms with Gasteiger partial charge in [-0.15, -0.1) is 0 Å². The number of aryl methyl sites for hydroxylation is 1. The highest BCUT2D eigenvalue weighted by molar-refractivity contribution is 9.10. The second-order valence-corrected chi connectivity index (χ2v) is 8.20. The van der Waals surface area contributed by atoms with Crippen LogP contribution in [0.2, 0.25) is 0 Å². The van der Waals surface area contributed by atoms with Crippen molar-refractivity contribution < 1.29 is 23.0 Å². The molecule has 9 heteroatoms. The summed E-state index contributed by atoms with van der Waals surface area (Å²) in [5.74, 6) is -1.30. The van der Waals surface area contributed by atoms with Gasteiger partial charge in [0.25, 0.3) is 5.56 Å². The number of carbonyl (C=O) groups excluding carboxylic acids is 1. The molecule has 0 fully saturated rings. The first-order chi connectivity index (χ1) is 15.8. The van der Waals surface area contributed by atoms with Gasteiger partial charge in [-0.2, -0.15) is 0 Å². The van der Waals surface area contributed by atoms with Crippen molar-refractivity contribution in [2.75, 3.05) is 13.7 Å². The van der Waals surface area contributed by atoms with Crippen molar-refractivity contribution in [2.45, 2.75) is 26.6 Å². The van der Waals surface area contributed by atoms with Crippen LogP contribution in [-0.4, -0.2) is 24.2 Å².